The van der Waals surface area contributed by atoms with Crippen molar-refractivity contribution >= 4 is 16.8 Å². The van der Waals surface area contributed by atoms with Crippen LogP contribution in [-0.4, -0.2) is 27.1 Å². The molecule has 64 valence electrons. The average molecular weight is 177 g/mol. The molecule has 0 radical (unpaired) electrons. The second-order valence-electron chi connectivity index (χ2n) is 1.98. The zero-order valence-corrected chi connectivity index (χ0v) is 6.84. The zero-order chi connectivity index (χ0) is 8.85. The first-order chi connectivity index (χ1) is 5.07. The van der Waals surface area contributed by atoms with Gasteiger partial charge >= 0.3 is 5.97 Å². The summed E-state index contributed by atoms with van der Waals surface area (Å²) in [5.41, 5.74) is 5.15. The summed E-state index contributed by atoms with van der Waals surface area (Å²) in [6, 6.07) is -0.918. The maximum absolute atomic E-state index is 10.7. The molecule has 0 aromatic heterocycles. The number of hydrogen-bond acceptors (Lipinski definition) is 3. The van der Waals surface area contributed by atoms with Gasteiger partial charge in [0.2, 0.25) is 0 Å². The van der Waals surface area contributed by atoms with Crippen molar-refractivity contribution in [2.75, 3.05) is 5.75 Å². The van der Waals surface area contributed by atoms with Gasteiger partial charge < -0.3 is 10.8 Å². The topological polar surface area (TPSA) is 80.4 Å². The van der Waals surface area contributed by atoms with Crippen molar-refractivity contribution in [1.29, 1.82) is 0 Å². The third-order valence-corrected chi connectivity index (χ3v) is 2.14. The van der Waals surface area contributed by atoms with Crippen LogP contribution in [0.1, 0.15) is 6.42 Å². The number of carboxylic acids is 1. The standard InChI is InChI=1S/C6H11NO3S/c1-2-11(10)4-3-5(7)6(8)9/h2,5H,1,3-4,7H2,(H,8,9)/t5-,11?/m0/s1. The molecule has 0 aromatic carbocycles. The predicted molar refractivity (Wildman–Crippen MR) is 43.4 cm³/mol. The Bertz CT molecular complexity index is 181. The lowest BCUT2D eigenvalue weighted by Crippen LogP contribution is -2.31. The van der Waals surface area contributed by atoms with Crippen molar-refractivity contribution in [3.63, 3.8) is 0 Å². The van der Waals surface area contributed by atoms with Gasteiger partial charge in [-0.3, -0.25) is 9.00 Å². The molecule has 2 atom stereocenters. The van der Waals surface area contributed by atoms with Crippen LogP contribution in [0.15, 0.2) is 12.0 Å². The molecule has 0 rings (SSSR count). The Morgan fingerprint density at radius 1 is 1.82 bits per heavy atom. The first-order valence-corrected chi connectivity index (χ1v) is 4.44. The lowest BCUT2D eigenvalue weighted by atomic mass is 10.2. The van der Waals surface area contributed by atoms with Gasteiger partial charge in [-0.15, -0.1) is 0 Å². The largest absolute Gasteiger partial charge is 0.480 e. The van der Waals surface area contributed by atoms with E-state index in [9.17, 15) is 9.00 Å². The van der Waals surface area contributed by atoms with E-state index in [2.05, 4.69) is 6.58 Å². The maximum Gasteiger partial charge on any atom is 0.320 e. The Balaban J connectivity index is 3.62. The van der Waals surface area contributed by atoms with Crippen molar-refractivity contribution in [1.82, 2.24) is 0 Å². The van der Waals surface area contributed by atoms with Crippen LogP contribution in [0.5, 0.6) is 0 Å². The second kappa shape index (κ2) is 5.03. The molecule has 0 bridgehead atoms. The molecular formula is C6H11NO3S. The Hall–Kier alpha value is -0.680. The minimum Gasteiger partial charge on any atom is -0.480 e. The molecule has 4 nitrogen and oxygen atoms in total. The molecular weight excluding hydrogens is 166 g/mol. The first-order valence-electron chi connectivity index (χ1n) is 3.06. The van der Waals surface area contributed by atoms with Crippen LogP contribution in [0.4, 0.5) is 0 Å². The van der Waals surface area contributed by atoms with Crippen molar-refractivity contribution < 1.29 is 14.1 Å². The Morgan fingerprint density at radius 3 is 2.73 bits per heavy atom. The van der Waals surface area contributed by atoms with Crippen molar-refractivity contribution in [2.24, 2.45) is 5.73 Å². The summed E-state index contributed by atoms with van der Waals surface area (Å²) < 4.78 is 10.7. The van der Waals surface area contributed by atoms with Crippen molar-refractivity contribution in [3.8, 4) is 0 Å². The van der Waals surface area contributed by atoms with E-state index in [0.29, 0.717) is 0 Å². The van der Waals surface area contributed by atoms with E-state index in [1.807, 2.05) is 0 Å². The van der Waals surface area contributed by atoms with Crippen LogP contribution in [0.25, 0.3) is 0 Å². The lowest BCUT2D eigenvalue weighted by molar-refractivity contribution is -0.138. The SMILES string of the molecule is C=CS(=O)CC[C@H](N)C(=O)O. The zero-order valence-electron chi connectivity index (χ0n) is 6.03. The van der Waals surface area contributed by atoms with Gasteiger partial charge in [-0.05, 0) is 11.8 Å². The molecule has 0 aromatic rings. The van der Waals surface area contributed by atoms with Gasteiger partial charge in [0.05, 0.1) is 0 Å². The number of aliphatic carboxylic acids is 1. The lowest BCUT2D eigenvalue weighted by Gasteiger charge is -2.02. The quantitative estimate of drug-likeness (QED) is 0.603. The summed E-state index contributed by atoms with van der Waals surface area (Å²) in [5, 5.41) is 9.59. The molecule has 0 saturated carbocycles. The fraction of sp³-hybridized carbons (Fsp3) is 0.500. The van der Waals surface area contributed by atoms with Gasteiger partial charge in [0.1, 0.15) is 6.04 Å². The molecule has 0 aliphatic rings. The molecule has 0 aliphatic heterocycles. The minimum atomic E-state index is -1.14. The van der Waals surface area contributed by atoms with E-state index in [4.69, 9.17) is 10.8 Å². The molecule has 1 unspecified atom stereocenters. The highest BCUT2D eigenvalue weighted by molar-refractivity contribution is 7.87. The predicted octanol–water partition coefficient (Wildman–Crippen LogP) is -0.319. The van der Waals surface area contributed by atoms with Crippen LogP contribution < -0.4 is 5.73 Å². The van der Waals surface area contributed by atoms with Crippen molar-refractivity contribution in [3.05, 3.63) is 12.0 Å². The van der Waals surface area contributed by atoms with E-state index < -0.39 is 22.8 Å². The summed E-state index contributed by atoms with van der Waals surface area (Å²) in [5.74, 6) is -0.803. The van der Waals surface area contributed by atoms with Gasteiger partial charge in [-0.2, -0.15) is 0 Å². The molecule has 0 fully saturated rings. The molecule has 11 heavy (non-hydrogen) atoms. The Kier molecular flexibility index (Phi) is 4.72. The van der Waals surface area contributed by atoms with Gasteiger partial charge in [0.25, 0.3) is 0 Å². The highest BCUT2D eigenvalue weighted by Gasteiger charge is 2.11. The number of carbonyl (C=O) groups is 1. The van der Waals surface area contributed by atoms with Crippen LogP contribution in [0.2, 0.25) is 0 Å². The van der Waals surface area contributed by atoms with E-state index in [0.717, 1.165) is 0 Å². The fourth-order valence-corrected chi connectivity index (χ4v) is 1.10. The number of carboxylic acid groups (broad SMARTS) is 1. The van der Waals surface area contributed by atoms with Crippen molar-refractivity contribution in [2.45, 2.75) is 12.5 Å². The normalized spacial score (nSPS) is 15.4. The highest BCUT2D eigenvalue weighted by Crippen LogP contribution is 1.92. The monoisotopic (exact) mass is 177 g/mol. The van der Waals surface area contributed by atoms with Crippen LogP contribution in [0.3, 0.4) is 0 Å². The summed E-state index contributed by atoms with van der Waals surface area (Å²) in [6.45, 7) is 3.30. The molecule has 0 saturated heterocycles. The number of rotatable bonds is 5. The second-order valence-corrected chi connectivity index (χ2v) is 3.49. The first kappa shape index (κ1) is 10.3. The molecule has 3 N–H and O–H groups in total. The van der Waals surface area contributed by atoms with E-state index in [1.54, 1.807) is 0 Å². The Morgan fingerprint density at radius 2 is 2.36 bits per heavy atom. The van der Waals surface area contributed by atoms with Gasteiger partial charge in [-0.1, -0.05) is 6.58 Å². The van der Waals surface area contributed by atoms with Gasteiger partial charge in [0.15, 0.2) is 0 Å². The van der Waals surface area contributed by atoms with Crippen LogP contribution in [0, 0.1) is 0 Å². The number of nitrogens with two attached hydrogens (primary N) is 1. The summed E-state index contributed by atoms with van der Waals surface area (Å²) in [6.07, 6.45) is 0.216. The van der Waals surface area contributed by atoms with Gasteiger partial charge in [0, 0.05) is 16.6 Å². The Labute approximate surface area is 67.5 Å². The minimum absolute atomic E-state index is 0.216. The van der Waals surface area contributed by atoms with E-state index >= 15 is 0 Å². The molecule has 0 aliphatic carbocycles. The van der Waals surface area contributed by atoms with Gasteiger partial charge in [-0.25, -0.2) is 0 Å². The number of hydrogen-bond donors (Lipinski definition) is 2. The van der Waals surface area contributed by atoms with E-state index in [-0.39, 0.29) is 12.2 Å². The van der Waals surface area contributed by atoms with Crippen LogP contribution in [-0.2, 0) is 15.6 Å². The summed E-state index contributed by atoms with van der Waals surface area (Å²) in [4.78, 5) is 10.2. The molecule has 0 heterocycles. The molecule has 0 spiro atoms. The maximum atomic E-state index is 10.7. The summed E-state index contributed by atoms with van der Waals surface area (Å²) in [7, 11) is -1.14. The average Bonchev–Trinajstić information content (AvgIpc) is 1.99. The molecule has 5 heteroatoms. The van der Waals surface area contributed by atoms with Crippen LogP contribution >= 0.6 is 0 Å². The smallest absolute Gasteiger partial charge is 0.320 e. The third-order valence-electron chi connectivity index (χ3n) is 1.13. The fourth-order valence-electron chi connectivity index (χ4n) is 0.450. The third kappa shape index (κ3) is 4.69. The summed E-state index contributed by atoms with van der Waals surface area (Å²) >= 11 is 0. The molecule has 0 amide bonds. The highest BCUT2D eigenvalue weighted by atomic mass is 32.2. The van der Waals surface area contributed by atoms with E-state index in [1.165, 1.54) is 5.41 Å².